The van der Waals surface area contributed by atoms with Gasteiger partial charge in [0, 0.05) is 18.8 Å². The van der Waals surface area contributed by atoms with E-state index in [2.05, 4.69) is 20.6 Å². The lowest BCUT2D eigenvalue weighted by Crippen LogP contribution is -2.12. The molecular weight excluding hydrogens is 314 g/mol. The van der Waals surface area contributed by atoms with Crippen LogP contribution in [0.3, 0.4) is 0 Å². The van der Waals surface area contributed by atoms with Crippen molar-refractivity contribution < 1.29 is 8.42 Å². The summed E-state index contributed by atoms with van der Waals surface area (Å²) in [5.41, 5.74) is 1.01. The van der Waals surface area contributed by atoms with Gasteiger partial charge in [0.05, 0.1) is 4.90 Å². The van der Waals surface area contributed by atoms with Crippen molar-refractivity contribution in [2.24, 2.45) is 5.14 Å². The molecule has 2 aromatic rings. The Kier molecular flexibility index (Phi) is 4.44. The molecule has 1 aliphatic rings. The maximum absolute atomic E-state index is 11.2. The zero-order valence-electron chi connectivity index (χ0n) is 12.6. The van der Waals surface area contributed by atoms with Crippen LogP contribution in [0.1, 0.15) is 18.4 Å². The van der Waals surface area contributed by atoms with Gasteiger partial charge in [-0.2, -0.15) is 4.98 Å². The Morgan fingerprint density at radius 3 is 2.57 bits per heavy atom. The number of nitrogens with two attached hydrogens (primary N) is 1. The van der Waals surface area contributed by atoms with E-state index < -0.39 is 10.0 Å². The summed E-state index contributed by atoms with van der Waals surface area (Å²) in [6.07, 6.45) is 4.85. The highest BCUT2D eigenvalue weighted by Crippen LogP contribution is 2.23. The molecule has 0 unspecified atom stereocenters. The van der Waals surface area contributed by atoms with E-state index in [-0.39, 0.29) is 4.90 Å². The zero-order chi connectivity index (χ0) is 16.3. The van der Waals surface area contributed by atoms with Crippen molar-refractivity contribution in [2.75, 3.05) is 17.2 Å². The molecule has 0 bridgehead atoms. The van der Waals surface area contributed by atoms with Crippen molar-refractivity contribution >= 4 is 21.8 Å². The zero-order valence-corrected chi connectivity index (χ0v) is 13.4. The molecule has 1 aliphatic carbocycles. The van der Waals surface area contributed by atoms with Gasteiger partial charge in [0.15, 0.2) is 0 Å². The number of primary sulfonamides is 1. The molecule has 1 heterocycles. The van der Waals surface area contributed by atoms with Crippen molar-refractivity contribution in [3.63, 3.8) is 0 Å². The van der Waals surface area contributed by atoms with E-state index in [0.717, 1.165) is 17.8 Å². The second-order valence-electron chi connectivity index (χ2n) is 5.55. The molecule has 0 atom stereocenters. The molecule has 7 nitrogen and oxygen atoms in total. The monoisotopic (exact) mass is 333 g/mol. The molecule has 0 amide bonds. The first kappa shape index (κ1) is 15.7. The number of nitrogens with one attached hydrogen (secondary N) is 2. The second-order valence-corrected chi connectivity index (χ2v) is 7.11. The molecule has 122 valence electrons. The van der Waals surface area contributed by atoms with Gasteiger partial charge in [-0.05, 0) is 43.0 Å². The normalized spacial score (nSPS) is 14.5. The molecule has 0 aliphatic heterocycles. The summed E-state index contributed by atoms with van der Waals surface area (Å²) in [6.45, 7) is 0.654. The van der Waals surface area contributed by atoms with E-state index in [1.54, 1.807) is 18.3 Å². The standard InChI is InChI=1S/C15H19N5O2S/c16-23(21,22)13-5-1-11(2-6-13)7-9-17-15-18-10-8-14(20-15)19-12-3-4-12/h1-2,5-6,8,10,12H,3-4,7,9H2,(H2,16,21,22)(H2,17,18,19,20). The minimum atomic E-state index is -3.64. The first-order valence-corrected chi connectivity index (χ1v) is 9.00. The first-order valence-electron chi connectivity index (χ1n) is 7.46. The number of rotatable bonds is 7. The summed E-state index contributed by atoms with van der Waals surface area (Å²) in [4.78, 5) is 8.71. The molecule has 8 heteroatoms. The fourth-order valence-electron chi connectivity index (χ4n) is 2.13. The third kappa shape index (κ3) is 4.64. The van der Waals surface area contributed by atoms with Crippen LogP contribution in [0.4, 0.5) is 11.8 Å². The van der Waals surface area contributed by atoms with Gasteiger partial charge >= 0.3 is 0 Å². The Labute approximate surface area is 135 Å². The number of nitrogens with zero attached hydrogens (tertiary/aromatic N) is 2. The van der Waals surface area contributed by atoms with Gasteiger partial charge in [0.1, 0.15) is 5.82 Å². The Bertz CT molecular complexity index is 773. The van der Waals surface area contributed by atoms with Gasteiger partial charge in [-0.25, -0.2) is 18.5 Å². The van der Waals surface area contributed by atoms with Gasteiger partial charge in [-0.3, -0.25) is 0 Å². The minimum Gasteiger partial charge on any atom is -0.367 e. The molecule has 1 aromatic heterocycles. The Morgan fingerprint density at radius 1 is 1.17 bits per heavy atom. The van der Waals surface area contributed by atoms with E-state index in [1.807, 2.05) is 6.07 Å². The number of sulfonamides is 1. The van der Waals surface area contributed by atoms with Crippen LogP contribution in [0.2, 0.25) is 0 Å². The van der Waals surface area contributed by atoms with Gasteiger partial charge in [0.2, 0.25) is 16.0 Å². The number of hydrogen-bond acceptors (Lipinski definition) is 6. The molecule has 1 saturated carbocycles. The van der Waals surface area contributed by atoms with Crippen molar-refractivity contribution in [3.05, 3.63) is 42.1 Å². The van der Waals surface area contributed by atoms with Crippen molar-refractivity contribution in [3.8, 4) is 0 Å². The quantitative estimate of drug-likeness (QED) is 0.705. The predicted octanol–water partition coefficient (Wildman–Crippen LogP) is 1.35. The van der Waals surface area contributed by atoms with Crippen molar-refractivity contribution in [1.82, 2.24) is 9.97 Å². The summed E-state index contributed by atoms with van der Waals surface area (Å²) in [6, 6.07) is 8.95. The molecular formula is C15H19N5O2S. The summed E-state index contributed by atoms with van der Waals surface area (Å²) >= 11 is 0. The van der Waals surface area contributed by atoms with E-state index >= 15 is 0 Å². The summed E-state index contributed by atoms with van der Waals surface area (Å²) in [5.74, 6) is 1.42. The Morgan fingerprint density at radius 2 is 1.91 bits per heavy atom. The van der Waals surface area contributed by atoms with Crippen LogP contribution in [-0.4, -0.2) is 31.0 Å². The highest BCUT2D eigenvalue weighted by atomic mass is 32.2. The van der Waals surface area contributed by atoms with E-state index in [0.29, 0.717) is 18.5 Å². The number of benzene rings is 1. The molecule has 0 saturated heterocycles. The maximum atomic E-state index is 11.2. The Balaban J connectivity index is 1.52. The molecule has 1 aromatic carbocycles. The van der Waals surface area contributed by atoms with E-state index in [9.17, 15) is 8.42 Å². The van der Waals surface area contributed by atoms with Crippen molar-refractivity contribution in [1.29, 1.82) is 0 Å². The highest BCUT2D eigenvalue weighted by Gasteiger charge is 2.21. The summed E-state index contributed by atoms with van der Waals surface area (Å²) in [5, 5.41) is 11.6. The van der Waals surface area contributed by atoms with Crippen LogP contribution >= 0.6 is 0 Å². The van der Waals surface area contributed by atoms with Gasteiger partial charge in [-0.1, -0.05) is 12.1 Å². The van der Waals surface area contributed by atoms with Crippen LogP contribution in [0, 0.1) is 0 Å². The highest BCUT2D eigenvalue weighted by molar-refractivity contribution is 7.89. The average molecular weight is 333 g/mol. The largest absolute Gasteiger partial charge is 0.367 e. The first-order chi connectivity index (χ1) is 11.0. The SMILES string of the molecule is NS(=O)(=O)c1ccc(CCNc2nccc(NC3CC3)n2)cc1. The van der Waals surface area contributed by atoms with Gasteiger partial charge in [0.25, 0.3) is 0 Å². The van der Waals surface area contributed by atoms with Gasteiger partial charge < -0.3 is 10.6 Å². The average Bonchev–Trinajstić information content (AvgIpc) is 3.31. The topological polar surface area (TPSA) is 110 Å². The van der Waals surface area contributed by atoms with Crippen LogP contribution in [0.15, 0.2) is 41.4 Å². The number of aromatic nitrogens is 2. The van der Waals surface area contributed by atoms with Crippen LogP contribution in [0.5, 0.6) is 0 Å². The van der Waals surface area contributed by atoms with Crippen LogP contribution in [-0.2, 0) is 16.4 Å². The summed E-state index contributed by atoms with van der Waals surface area (Å²) in [7, 11) is -3.64. The lowest BCUT2D eigenvalue weighted by Gasteiger charge is -2.08. The van der Waals surface area contributed by atoms with Crippen molar-refractivity contribution in [2.45, 2.75) is 30.2 Å². The Hall–Kier alpha value is -2.19. The smallest absolute Gasteiger partial charge is 0.238 e. The predicted molar refractivity (Wildman–Crippen MR) is 88.7 cm³/mol. The van der Waals surface area contributed by atoms with E-state index in [1.165, 1.54) is 25.0 Å². The lowest BCUT2D eigenvalue weighted by molar-refractivity contribution is 0.598. The minimum absolute atomic E-state index is 0.122. The fourth-order valence-corrected chi connectivity index (χ4v) is 2.64. The number of hydrogen-bond donors (Lipinski definition) is 3. The molecule has 3 rings (SSSR count). The third-order valence-electron chi connectivity index (χ3n) is 3.53. The third-order valence-corrected chi connectivity index (χ3v) is 4.46. The second kappa shape index (κ2) is 6.51. The lowest BCUT2D eigenvalue weighted by atomic mass is 10.1. The molecule has 0 spiro atoms. The summed E-state index contributed by atoms with van der Waals surface area (Å²) < 4.78 is 22.4. The maximum Gasteiger partial charge on any atom is 0.238 e. The molecule has 0 radical (unpaired) electrons. The van der Waals surface area contributed by atoms with Crippen LogP contribution < -0.4 is 15.8 Å². The van der Waals surface area contributed by atoms with Gasteiger partial charge in [-0.15, -0.1) is 0 Å². The van der Waals surface area contributed by atoms with E-state index in [4.69, 9.17) is 5.14 Å². The molecule has 23 heavy (non-hydrogen) atoms. The molecule has 1 fully saturated rings. The fraction of sp³-hybridized carbons (Fsp3) is 0.333. The van der Waals surface area contributed by atoms with Crippen LogP contribution in [0.25, 0.3) is 0 Å². The molecule has 4 N–H and O–H groups in total. The number of anilines is 2.